The maximum absolute atomic E-state index is 12.1. The van der Waals surface area contributed by atoms with Crippen molar-refractivity contribution in [3.05, 3.63) is 53.1 Å². The van der Waals surface area contributed by atoms with E-state index < -0.39 is 0 Å². The molecule has 27 heavy (non-hydrogen) atoms. The topological polar surface area (TPSA) is 66.0 Å². The number of nitrogens with one attached hydrogen (secondary N) is 1. The van der Waals surface area contributed by atoms with Gasteiger partial charge in [0, 0.05) is 18.5 Å². The average molecular weight is 371 g/mol. The lowest BCUT2D eigenvalue weighted by Gasteiger charge is -2.27. The van der Waals surface area contributed by atoms with Crippen LogP contribution in [0.1, 0.15) is 23.6 Å². The number of methoxy groups -OCH3 is 2. The van der Waals surface area contributed by atoms with Crippen LogP contribution in [0, 0.1) is 0 Å². The highest BCUT2D eigenvalue weighted by molar-refractivity contribution is 5.77. The highest BCUT2D eigenvalue weighted by atomic mass is 16.5. The van der Waals surface area contributed by atoms with Gasteiger partial charge in [0.2, 0.25) is 0 Å². The summed E-state index contributed by atoms with van der Waals surface area (Å²) < 4.78 is 22.0. The molecule has 0 amide bonds. The van der Waals surface area contributed by atoms with E-state index in [1.807, 2.05) is 36.4 Å². The normalized spacial score (nSPS) is 15.6. The summed E-state index contributed by atoms with van der Waals surface area (Å²) in [5.41, 5.74) is 3.10. The second-order valence-corrected chi connectivity index (χ2v) is 6.26. The van der Waals surface area contributed by atoms with Gasteiger partial charge in [-0.2, -0.15) is 0 Å². The molecule has 1 N–H and O–H groups in total. The van der Waals surface area contributed by atoms with E-state index in [4.69, 9.17) is 18.9 Å². The van der Waals surface area contributed by atoms with Gasteiger partial charge in [0.05, 0.1) is 20.8 Å². The van der Waals surface area contributed by atoms with E-state index in [9.17, 15) is 4.79 Å². The third-order valence-corrected chi connectivity index (χ3v) is 4.60. The van der Waals surface area contributed by atoms with E-state index in [2.05, 4.69) is 5.32 Å². The second kappa shape index (κ2) is 8.77. The van der Waals surface area contributed by atoms with Crippen molar-refractivity contribution < 1.29 is 23.7 Å². The van der Waals surface area contributed by atoms with E-state index in [1.165, 1.54) is 0 Å². The van der Waals surface area contributed by atoms with Gasteiger partial charge in [-0.3, -0.25) is 4.79 Å². The van der Waals surface area contributed by atoms with E-state index >= 15 is 0 Å². The van der Waals surface area contributed by atoms with Crippen molar-refractivity contribution in [3.63, 3.8) is 0 Å². The van der Waals surface area contributed by atoms with Gasteiger partial charge in [-0.25, -0.2) is 0 Å². The number of esters is 1. The number of hydrogen-bond donors (Lipinski definition) is 1. The standard InChI is InChI=1S/C21H25NO5/c1-4-26-21(23)18-11-17-15(12-22-18)7-10-19(25-3)20(17)27-13-14-5-8-16(24-2)9-6-14/h5-10,18,22H,4,11-13H2,1-3H3/t18-/m0/s1. The summed E-state index contributed by atoms with van der Waals surface area (Å²) in [6.45, 7) is 3.15. The van der Waals surface area contributed by atoms with Crippen LogP contribution in [0.15, 0.2) is 36.4 Å². The summed E-state index contributed by atoms with van der Waals surface area (Å²) in [6, 6.07) is 11.2. The van der Waals surface area contributed by atoms with E-state index in [0.717, 1.165) is 22.4 Å². The number of hydrogen-bond acceptors (Lipinski definition) is 6. The first-order valence-corrected chi connectivity index (χ1v) is 9.00. The zero-order valence-corrected chi connectivity index (χ0v) is 15.9. The minimum absolute atomic E-state index is 0.243. The molecule has 0 unspecified atom stereocenters. The van der Waals surface area contributed by atoms with Crippen molar-refractivity contribution in [2.75, 3.05) is 20.8 Å². The molecular weight excluding hydrogens is 346 g/mol. The van der Waals surface area contributed by atoms with Crippen LogP contribution in [0.4, 0.5) is 0 Å². The zero-order chi connectivity index (χ0) is 19.2. The van der Waals surface area contributed by atoms with Gasteiger partial charge in [-0.15, -0.1) is 0 Å². The molecule has 1 atom stereocenters. The predicted molar refractivity (Wildman–Crippen MR) is 101 cm³/mol. The zero-order valence-electron chi connectivity index (χ0n) is 15.9. The lowest BCUT2D eigenvalue weighted by Crippen LogP contribution is -2.42. The first-order valence-electron chi connectivity index (χ1n) is 9.00. The van der Waals surface area contributed by atoms with Gasteiger partial charge >= 0.3 is 5.97 Å². The summed E-state index contributed by atoms with van der Waals surface area (Å²) in [4.78, 5) is 12.1. The monoisotopic (exact) mass is 371 g/mol. The van der Waals surface area contributed by atoms with Gasteiger partial charge < -0.3 is 24.3 Å². The van der Waals surface area contributed by atoms with Crippen molar-refractivity contribution in [2.24, 2.45) is 0 Å². The fourth-order valence-electron chi connectivity index (χ4n) is 3.15. The quantitative estimate of drug-likeness (QED) is 0.755. The molecule has 0 aliphatic carbocycles. The van der Waals surface area contributed by atoms with Gasteiger partial charge in [-0.1, -0.05) is 18.2 Å². The molecule has 1 aliphatic heterocycles. The van der Waals surface area contributed by atoms with Gasteiger partial charge in [0.1, 0.15) is 18.4 Å². The van der Waals surface area contributed by atoms with Crippen molar-refractivity contribution >= 4 is 5.97 Å². The van der Waals surface area contributed by atoms with Crippen molar-refractivity contribution in [1.82, 2.24) is 5.32 Å². The molecule has 0 radical (unpaired) electrons. The molecule has 0 saturated carbocycles. The average Bonchev–Trinajstić information content (AvgIpc) is 2.72. The molecule has 0 fully saturated rings. The lowest BCUT2D eigenvalue weighted by atomic mass is 9.94. The number of benzene rings is 2. The predicted octanol–water partition coefficient (Wildman–Crippen LogP) is 2.86. The molecule has 2 aromatic carbocycles. The van der Waals surface area contributed by atoms with Crippen LogP contribution in [0.25, 0.3) is 0 Å². The summed E-state index contributed by atoms with van der Waals surface area (Å²) in [5, 5.41) is 3.23. The molecule has 6 nitrogen and oxygen atoms in total. The Morgan fingerprint density at radius 1 is 1.11 bits per heavy atom. The Kier molecular flexibility index (Phi) is 6.19. The first-order chi connectivity index (χ1) is 13.2. The Morgan fingerprint density at radius 3 is 2.56 bits per heavy atom. The molecular formula is C21H25NO5. The fraction of sp³-hybridized carbons (Fsp3) is 0.381. The SMILES string of the molecule is CCOC(=O)[C@@H]1Cc2c(ccc(OC)c2OCc2ccc(OC)cc2)CN1. The Morgan fingerprint density at radius 2 is 1.89 bits per heavy atom. The fourth-order valence-corrected chi connectivity index (χ4v) is 3.15. The van der Waals surface area contributed by atoms with Crippen LogP contribution in [0.3, 0.4) is 0 Å². The molecule has 0 saturated heterocycles. The van der Waals surface area contributed by atoms with Crippen LogP contribution < -0.4 is 19.5 Å². The molecule has 6 heteroatoms. The Balaban J connectivity index is 1.82. The minimum Gasteiger partial charge on any atom is -0.497 e. The first kappa shape index (κ1) is 19.0. The highest BCUT2D eigenvalue weighted by Crippen LogP contribution is 2.37. The van der Waals surface area contributed by atoms with E-state index in [-0.39, 0.29) is 12.0 Å². The van der Waals surface area contributed by atoms with Crippen LogP contribution in [-0.2, 0) is 29.1 Å². The van der Waals surface area contributed by atoms with E-state index in [1.54, 1.807) is 21.1 Å². The maximum atomic E-state index is 12.1. The van der Waals surface area contributed by atoms with Crippen molar-refractivity contribution in [1.29, 1.82) is 0 Å². The lowest BCUT2D eigenvalue weighted by molar-refractivity contribution is -0.145. The second-order valence-electron chi connectivity index (χ2n) is 6.26. The van der Waals surface area contributed by atoms with Gasteiger partial charge in [-0.05, 0) is 36.2 Å². The minimum atomic E-state index is -0.382. The number of carbonyl (C=O) groups is 1. The third-order valence-electron chi connectivity index (χ3n) is 4.60. The number of rotatable bonds is 7. The largest absolute Gasteiger partial charge is 0.497 e. The Labute approximate surface area is 159 Å². The number of fused-ring (bicyclic) bond motifs is 1. The van der Waals surface area contributed by atoms with Crippen LogP contribution in [-0.4, -0.2) is 32.8 Å². The molecule has 0 spiro atoms. The van der Waals surface area contributed by atoms with Crippen molar-refractivity contribution in [2.45, 2.75) is 32.5 Å². The molecule has 2 aromatic rings. The summed E-state index contributed by atoms with van der Waals surface area (Å²) in [7, 11) is 3.26. The molecule has 0 aromatic heterocycles. The third kappa shape index (κ3) is 4.34. The molecule has 1 aliphatic rings. The summed E-state index contributed by atoms with van der Waals surface area (Å²) in [5.74, 6) is 1.90. The Bertz CT molecular complexity index is 788. The summed E-state index contributed by atoms with van der Waals surface area (Å²) in [6.07, 6.45) is 0.503. The maximum Gasteiger partial charge on any atom is 0.323 e. The molecule has 144 valence electrons. The van der Waals surface area contributed by atoms with Gasteiger partial charge in [0.25, 0.3) is 0 Å². The van der Waals surface area contributed by atoms with Crippen LogP contribution in [0.2, 0.25) is 0 Å². The smallest absolute Gasteiger partial charge is 0.323 e. The number of carbonyl (C=O) groups excluding carboxylic acids is 1. The van der Waals surface area contributed by atoms with Crippen LogP contribution in [0.5, 0.6) is 17.2 Å². The highest BCUT2D eigenvalue weighted by Gasteiger charge is 2.29. The molecule has 1 heterocycles. The van der Waals surface area contributed by atoms with Gasteiger partial charge in [0.15, 0.2) is 11.5 Å². The van der Waals surface area contributed by atoms with Crippen LogP contribution >= 0.6 is 0 Å². The number of ether oxygens (including phenoxy) is 4. The van der Waals surface area contributed by atoms with E-state index in [0.29, 0.717) is 37.7 Å². The molecule has 3 rings (SSSR count). The molecule has 0 bridgehead atoms. The van der Waals surface area contributed by atoms with Crippen molar-refractivity contribution in [3.8, 4) is 17.2 Å². The Hall–Kier alpha value is -2.73. The summed E-state index contributed by atoms with van der Waals surface area (Å²) >= 11 is 0.